The van der Waals surface area contributed by atoms with Gasteiger partial charge >= 0.3 is 0 Å². The van der Waals surface area contributed by atoms with E-state index in [0.717, 1.165) is 32.4 Å². The molecule has 0 bridgehead atoms. The number of hydrogen-bond donors (Lipinski definition) is 2. The molecule has 2 N–H and O–H groups in total. The van der Waals surface area contributed by atoms with Gasteiger partial charge in [0.15, 0.2) is 0 Å². The maximum absolute atomic E-state index is 13.0. The van der Waals surface area contributed by atoms with Crippen LogP contribution in [0.4, 0.5) is 0 Å². The molecule has 130 valence electrons. The summed E-state index contributed by atoms with van der Waals surface area (Å²) in [5, 5.41) is 10.8. The van der Waals surface area contributed by atoms with Gasteiger partial charge in [-0.1, -0.05) is 31.2 Å². The molecule has 1 fully saturated rings. The zero-order valence-electron chi connectivity index (χ0n) is 14.0. The third-order valence-corrected chi connectivity index (χ3v) is 4.74. The number of nitrogens with zero attached hydrogens (tertiary/aromatic N) is 2. The Morgan fingerprint density at radius 1 is 1.25 bits per heavy atom. The van der Waals surface area contributed by atoms with E-state index >= 15 is 0 Å². The Balaban J connectivity index is 0.00000208. The number of aromatic nitrogens is 2. The van der Waals surface area contributed by atoms with Crippen molar-refractivity contribution in [3.8, 4) is 0 Å². The second-order valence-electron chi connectivity index (χ2n) is 6.04. The molecule has 1 aliphatic heterocycles. The zero-order valence-corrected chi connectivity index (χ0v) is 14.8. The van der Waals surface area contributed by atoms with Crippen molar-refractivity contribution < 1.29 is 4.79 Å². The molecule has 1 amide bonds. The lowest BCUT2D eigenvalue weighted by Crippen LogP contribution is -2.54. The van der Waals surface area contributed by atoms with E-state index in [1.165, 1.54) is 11.1 Å². The van der Waals surface area contributed by atoms with Gasteiger partial charge in [0.25, 0.3) is 0 Å². The molecule has 0 aliphatic carbocycles. The summed E-state index contributed by atoms with van der Waals surface area (Å²) in [6.07, 6.45) is 6.13. The molecule has 2 heterocycles. The van der Waals surface area contributed by atoms with Crippen molar-refractivity contribution in [1.82, 2.24) is 20.4 Å². The van der Waals surface area contributed by atoms with Crippen molar-refractivity contribution in [2.45, 2.75) is 38.3 Å². The van der Waals surface area contributed by atoms with Gasteiger partial charge < -0.3 is 10.6 Å². The van der Waals surface area contributed by atoms with Crippen molar-refractivity contribution >= 4 is 18.3 Å². The quantitative estimate of drug-likeness (QED) is 0.871. The summed E-state index contributed by atoms with van der Waals surface area (Å²) in [7, 11) is 0. The lowest BCUT2D eigenvalue weighted by atomic mass is 9.87. The first-order valence-electron chi connectivity index (χ1n) is 8.32. The molecule has 1 saturated heterocycles. The fraction of sp³-hybridized carbons (Fsp3) is 0.444. The summed E-state index contributed by atoms with van der Waals surface area (Å²) in [5.74, 6) is 0.0635. The molecular weight excluding hydrogens is 324 g/mol. The molecule has 0 saturated carbocycles. The summed E-state index contributed by atoms with van der Waals surface area (Å²) in [4.78, 5) is 13.0. The SMILES string of the molecule is CCc1ccccc1CNC(=O)C1(n2cccn2)CCNCC1.Cl. The maximum atomic E-state index is 13.0. The van der Waals surface area contributed by atoms with Crippen LogP contribution < -0.4 is 10.6 Å². The maximum Gasteiger partial charge on any atom is 0.248 e. The normalized spacial score (nSPS) is 16.2. The average molecular weight is 349 g/mol. The van der Waals surface area contributed by atoms with Crippen molar-refractivity contribution in [3.63, 3.8) is 0 Å². The highest BCUT2D eigenvalue weighted by atomic mass is 35.5. The molecule has 1 aliphatic rings. The van der Waals surface area contributed by atoms with Gasteiger partial charge in [-0.2, -0.15) is 5.10 Å². The lowest BCUT2D eigenvalue weighted by molar-refractivity contribution is -0.132. The van der Waals surface area contributed by atoms with Crippen LogP contribution in [0.5, 0.6) is 0 Å². The Labute approximate surface area is 149 Å². The molecule has 0 spiro atoms. The minimum absolute atomic E-state index is 0. The highest BCUT2D eigenvalue weighted by Crippen LogP contribution is 2.27. The largest absolute Gasteiger partial charge is 0.350 e. The minimum atomic E-state index is -0.574. The van der Waals surface area contributed by atoms with E-state index < -0.39 is 5.54 Å². The molecule has 5 nitrogen and oxygen atoms in total. The van der Waals surface area contributed by atoms with Crippen LogP contribution in [0, 0.1) is 0 Å². The van der Waals surface area contributed by atoms with E-state index in [9.17, 15) is 4.79 Å². The van der Waals surface area contributed by atoms with E-state index in [2.05, 4.69) is 34.8 Å². The number of benzene rings is 1. The van der Waals surface area contributed by atoms with Crippen LogP contribution in [-0.2, 0) is 23.3 Å². The van der Waals surface area contributed by atoms with Crippen LogP contribution in [0.1, 0.15) is 30.9 Å². The second kappa shape index (κ2) is 8.31. The van der Waals surface area contributed by atoms with Crippen molar-refractivity contribution in [2.75, 3.05) is 13.1 Å². The standard InChI is InChI=1S/C18H24N4O.ClH/c1-2-15-6-3-4-7-16(15)14-20-17(23)18(8-11-19-12-9-18)22-13-5-10-21-22;/h3-7,10,13,19H,2,8-9,11-12,14H2,1H3,(H,20,23);1H. The number of rotatable bonds is 5. The van der Waals surface area contributed by atoms with Gasteiger partial charge in [0.1, 0.15) is 5.54 Å². The zero-order chi connectivity index (χ0) is 16.1. The van der Waals surface area contributed by atoms with Crippen LogP contribution in [0.15, 0.2) is 42.7 Å². The van der Waals surface area contributed by atoms with Gasteiger partial charge in [-0.15, -0.1) is 12.4 Å². The lowest BCUT2D eigenvalue weighted by Gasteiger charge is -2.36. The average Bonchev–Trinajstić information content (AvgIpc) is 3.15. The first kappa shape index (κ1) is 18.5. The van der Waals surface area contributed by atoms with Crippen molar-refractivity contribution in [1.29, 1.82) is 0 Å². The number of hydrogen-bond acceptors (Lipinski definition) is 3. The van der Waals surface area contributed by atoms with Crippen LogP contribution in [-0.4, -0.2) is 28.8 Å². The highest BCUT2D eigenvalue weighted by Gasteiger charge is 2.41. The summed E-state index contributed by atoms with van der Waals surface area (Å²) in [6, 6.07) is 10.2. The predicted octanol–water partition coefficient (Wildman–Crippen LogP) is 2.26. The number of nitrogens with one attached hydrogen (secondary N) is 2. The molecule has 24 heavy (non-hydrogen) atoms. The van der Waals surface area contributed by atoms with E-state index in [0.29, 0.717) is 6.54 Å². The third-order valence-electron chi connectivity index (χ3n) is 4.74. The Morgan fingerprint density at radius 3 is 2.58 bits per heavy atom. The molecule has 2 aromatic rings. The van der Waals surface area contributed by atoms with E-state index in [4.69, 9.17) is 0 Å². The molecular formula is C18H25ClN4O. The summed E-state index contributed by atoms with van der Waals surface area (Å²) >= 11 is 0. The van der Waals surface area contributed by atoms with Crippen LogP contribution in [0.2, 0.25) is 0 Å². The Morgan fingerprint density at radius 2 is 1.96 bits per heavy atom. The van der Waals surface area contributed by atoms with Crippen molar-refractivity contribution in [2.24, 2.45) is 0 Å². The fourth-order valence-electron chi connectivity index (χ4n) is 3.34. The Kier molecular flexibility index (Phi) is 6.40. The number of amides is 1. The third kappa shape index (κ3) is 3.62. The van der Waals surface area contributed by atoms with Gasteiger partial charge in [0.05, 0.1) is 0 Å². The monoisotopic (exact) mass is 348 g/mol. The van der Waals surface area contributed by atoms with Gasteiger partial charge in [-0.25, -0.2) is 0 Å². The number of carbonyl (C=O) groups is 1. The molecule has 3 rings (SSSR count). The molecule has 1 aromatic heterocycles. The first-order valence-corrected chi connectivity index (χ1v) is 8.32. The van der Waals surface area contributed by atoms with E-state index in [1.54, 1.807) is 6.20 Å². The van der Waals surface area contributed by atoms with E-state index in [-0.39, 0.29) is 18.3 Å². The second-order valence-corrected chi connectivity index (χ2v) is 6.04. The number of carbonyl (C=O) groups excluding carboxylic acids is 1. The minimum Gasteiger partial charge on any atom is -0.350 e. The molecule has 0 radical (unpaired) electrons. The Bertz CT molecular complexity index is 651. The number of aryl methyl sites for hydroxylation is 1. The summed E-state index contributed by atoms with van der Waals surface area (Å²) in [5.41, 5.74) is 1.90. The predicted molar refractivity (Wildman–Crippen MR) is 97.2 cm³/mol. The number of piperidine rings is 1. The van der Waals surface area contributed by atoms with E-state index in [1.807, 2.05) is 29.1 Å². The summed E-state index contributed by atoms with van der Waals surface area (Å²) in [6.45, 7) is 4.37. The topological polar surface area (TPSA) is 59.0 Å². The van der Waals surface area contributed by atoms with Gasteiger partial charge in [0, 0.05) is 18.9 Å². The van der Waals surface area contributed by atoms with Gasteiger partial charge in [0.2, 0.25) is 5.91 Å². The first-order chi connectivity index (χ1) is 11.3. The fourth-order valence-corrected chi connectivity index (χ4v) is 3.34. The van der Waals surface area contributed by atoms with Crippen LogP contribution in [0.25, 0.3) is 0 Å². The molecule has 6 heteroatoms. The van der Waals surface area contributed by atoms with Crippen LogP contribution in [0.3, 0.4) is 0 Å². The Hall–Kier alpha value is -1.85. The molecule has 0 unspecified atom stereocenters. The van der Waals surface area contributed by atoms with Gasteiger partial charge in [-0.3, -0.25) is 9.48 Å². The smallest absolute Gasteiger partial charge is 0.248 e. The number of halogens is 1. The van der Waals surface area contributed by atoms with Gasteiger partial charge in [-0.05, 0) is 49.5 Å². The molecule has 0 atom stereocenters. The van der Waals surface area contributed by atoms with Crippen LogP contribution >= 0.6 is 12.4 Å². The highest BCUT2D eigenvalue weighted by molar-refractivity contribution is 5.85. The molecule has 1 aromatic carbocycles. The van der Waals surface area contributed by atoms with Crippen molar-refractivity contribution in [3.05, 3.63) is 53.9 Å². The summed E-state index contributed by atoms with van der Waals surface area (Å²) < 4.78 is 1.83.